The maximum atomic E-state index is 5.84. The summed E-state index contributed by atoms with van der Waals surface area (Å²) in [5, 5.41) is 4.69. The van der Waals surface area contributed by atoms with Crippen molar-refractivity contribution in [1.29, 1.82) is 0 Å². The summed E-state index contributed by atoms with van der Waals surface area (Å²) in [5.41, 5.74) is 5.84. The maximum Gasteiger partial charge on any atom is 0.153 e. The van der Waals surface area contributed by atoms with Crippen LogP contribution in [0.15, 0.2) is 4.90 Å². The number of hydrogen-bond donors (Lipinski definition) is 2. The Balaban J connectivity index is 1.81. The molecule has 0 unspecified atom stereocenters. The number of nitrogen functional groups attached to an aromatic ring is 1. The second-order valence-electron chi connectivity index (χ2n) is 5.11. The Bertz CT molecular complexity index is 370. The summed E-state index contributed by atoms with van der Waals surface area (Å²) in [6, 6.07) is 0. The first-order valence-corrected chi connectivity index (χ1v) is 8.77. The Morgan fingerprint density at radius 3 is 2.61 bits per heavy atom. The van der Waals surface area contributed by atoms with Gasteiger partial charge in [-0.25, -0.2) is 0 Å². The van der Waals surface area contributed by atoms with E-state index in [-0.39, 0.29) is 0 Å². The Kier molecular flexibility index (Phi) is 5.18. The molecule has 1 aliphatic rings. The number of aromatic nitrogens is 1. The standard InChI is InChI=1S/C13H23N3S2/c1-3-9-4-6-10(7-5-9)8-15-13-11(17-2)12(14)16-18-13/h9-10,15H,3-8H2,1-2H3,(H2,14,16). The van der Waals surface area contributed by atoms with Gasteiger partial charge in [0.1, 0.15) is 5.00 Å². The molecule has 5 heteroatoms. The molecule has 18 heavy (non-hydrogen) atoms. The number of nitrogens with zero attached hydrogens (tertiary/aromatic N) is 1. The van der Waals surface area contributed by atoms with Gasteiger partial charge < -0.3 is 11.1 Å². The molecule has 0 saturated heterocycles. The molecule has 1 aliphatic carbocycles. The monoisotopic (exact) mass is 285 g/mol. The zero-order valence-corrected chi connectivity index (χ0v) is 12.9. The van der Waals surface area contributed by atoms with Crippen LogP contribution in [0.4, 0.5) is 10.8 Å². The van der Waals surface area contributed by atoms with Crippen molar-refractivity contribution in [3.63, 3.8) is 0 Å². The first-order chi connectivity index (χ1) is 8.74. The molecule has 1 aromatic rings. The van der Waals surface area contributed by atoms with E-state index in [4.69, 9.17) is 5.73 Å². The summed E-state index contributed by atoms with van der Waals surface area (Å²) >= 11 is 3.17. The molecule has 102 valence electrons. The molecule has 2 rings (SSSR count). The predicted molar refractivity (Wildman–Crippen MR) is 82.5 cm³/mol. The summed E-state index contributed by atoms with van der Waals surface area (Å²) in [4.78, 5) is 1.11. The lowest BCUT2D eigenvalue weighted by Gasteiger charge is -2.27. The van der Waals surface area contributed by atoms with Crippen molar-refractivity contribution in [2.24, 2.45) is 11.8 Å². The Morgan fingerprint density at radius 2 is 2.00 bits per heavy atom. The quantitative estimate of drug-likeness (QED) is 0.801. The van der Waals surface area contributed by atoms with Gasteiger partial charge >= 0.3 is 0 Å². The van der Waals surface area contributed by atoms with Crippen molar-refractivity contribution < 1.29 is 0 Å². The average Bonchev–Trinajstić information content (AvgIpc) is 2.77. The number of hydrogen-bond acceptors (Lipinski definition) is 5. The number of rotatable bonds is 5. The highest BCUT2D eigenvalue weighted by Gasteiger charge is 2.20. The van der Waals surface area contributed by atoms with Gasteiger partial charge in [-0.05, 0) is 42.5 Å². The van der Waals surface area contributed by atoms with Crippen LogP contribution in [-0.4, -0.2) is 17.2 Å². The van der Waals surface area contributed by atoms with Crippen molar-refractivity contribution in [3.05, 3.63) is 0 Å². The minimum absolute atomic E-state index is 0.671. The van der Waals surface area contributed by atoms with Crippen LogP contribution in [-0.2, 0) is 0 Å². The molecule has 0 radical (unpaired) electrons. The van der Waals surface area contributed by atoms with Gasteiger partial charge in [0.2, 0.25) is 0 Å². The van der Waals surface area contributed by atoms with Crippen LogP contribution in [0.2, 0.25) is 0 Å². The third-order valence-corrected chi connectivity index (χ3v) is 5.74. The first kappa shape index (κ1) is 14.0. The van der Waals surface area contributed by atoms with E-state index < -0.39 is 0 Å². The minimum Gasteiger partial charge on any atom is -0.382 e. The van der Waals surface area contributed by atoms with E-state index in [0.717, 1.165) is 28.3 Å². The lowest BCUT2D eigenvalue weighted by molar-refractivity contribution is 0.278. The van der Waals surface area contributed by atoms with Gasteiger partial charge in [0.05, 0.1) is 4.90 Å². The highest BCUT2D eigenvalue weighted by molar-refractivity contribution is 7.99. The molecule has 0 bridgehead atoms. The highest BCUT2D eigenvalue weighted by Crippen LogP contribution is 2.36. The van der Waals surface area contributed by atoms with Crippen LogP contribution in [0.25, 0.3) is 0 Å². The van der Waals surface area contributed by atoms with Gasteiger partial charge in [-0.2, -0.15) is 4.37 Å². The fourth-order valence-electron chi connectivity index (χ4n) is 2.68. The minimum atomic E-state index is 0.671. The normalized spacial score (nSPS) is 24.1. The molecule has 0 aliphatic heterocycles. The number of nitrogens with one attached hydrogen (secondary N) is 1. The van der Waals surface area contributed by atoms with Crippen molar-refractivity contribution >= 4 is 34.1 Å². The van der Waals surface area contributed by atoms with Crippen LogP contribution >= 0.6 is 23.3 Å². The molecule has 1 heterocycles. The third-order valence-electron chi connectivity index (χ3n) is 3.97. The summed E-state index contributed by atoms with van der Waals surface area (Å²) in [7, 11) is 0. The van der Waals surface area contributed by atoms with Gasteiger partial charge in [0, 0.05) is 6.54 Å². The Morgan fingerprint density at radius 1 is 1.33 bits per heavy atom. The molecule has 1 saturated carbocycles. The number of thioether (sulfide) groups is 1. The summed E-state index contributed by atoms with van der Waals surface area (Å²) < 4.78 is 4.21. The Hall–Kier alpha value is -0.420. The van der Waals surface area contributed by atoms with Gasteiger partial charge in [0.25, 0.3) is 0 Å². The lowest BCUT2D eigenvalue weighted by atomic mass is 9.81. The molecule has 0 amide bonds. The van der Waals surface area contributed by atoms with Crippen molar-refractivity contribution in [3.8, 4) is 0 Å². The zero-order chi connectivity index (χ0) is 13.0. The summed E-state index contributed by atoms with van der Waals surface area (Å²) in [6.45, 7) is 3.39. The third kappa shape index (κ3) is 3.32. The second-order valence-corrected chi connectivity index (χ2v) is 6.70. The Labute approximate surface area is 118 Å². The van der Waals surface area contributed by atoms with Crippen LogP contribution in [0.1, 0.15) is 39.0 Å². The number of nitrogens with two attached hydrogens (primary N) is 1. The molecule has 3 nitrogen and oxygen atoms in total. The molecule has 0 spiro atoms. The van der Waals surface area contributed by atoms with Crippen molar-refractivity contribution in [1.82, 2.24) is 4.37 Å². The van der Waals surface area contributed by atoms with Crippen LogP contribution in [0, 0.1) is 11.8 Å². The fraction of sp³-hybridized carbons (Fsp3) is 0.769. The zero-order valence-electron chi connectivity index (χ0n) is 11.2. The summed E-state index contributed by atoms with van der Waals surface area (Å²) in [5.74, 6) is 2.47. The first-order valence-electron chi connectivity index (χ1n) is 6.77. The van der Waals surface area contributed by atoms with Crippen LogP contribution in [0.3, 0.4) is 0 Å². The van der Waals surface area contributed by atoms with Gasteiger partial charge in [-0.3, -0.25) is 0 Å². The van der Waals surface area contributed by atoms with Crippen LogP contribution < -0.4 is 11.1 Å². The molecule has 1 fully saturated rings. The van der Waals surface area contributed by atoms with Gasteiger partial charge in [-0.15, -0.1) is 11.8 Å². The molecule has 0 atom stereocenters. The number of anilines is 2. The van der Waals surface area contributed by atoms with E-state index in [2.05, 4.69) is 22.9 Å². The lowest BCUT2D eigenvalue weighted by Crippen LogP contribution is -2.20. The molecule has 3 N–H and O–H groups in total. The van der Waals surface area contributed by atoms with E-state index in [1.54, 1.807) is 11.8 Å². The molecular weight excluding hydrogens is 262 g/mol. The van der Waals surface area contributed by atoms with E-state index in [0.29, 0.717) is 5.82 Å². The average molecular weight is 285 g/mol. The predicted octanol–water partition coefficient (Wildman–Crippen LogP) is 4.08. The fourth-order valence-corrected chi connectivity index (χ4v) is 4.23. The van der Waals surface area contributed by atoms with E-state index >= 15 is 0 Å². The van der Waals surface area contributed by atoms with E-state index in [1.165, 1.54) is 43.6 Å². The van der Waals surface area contributed by atoms with E-state index in [1.807, 2.05) is 0 Å². The van der Waals surface area contributed by atoms with E-state index in [9.17, 15) is 0 Å². The van der Waals surface area contributed by atoms with Crippen molar-refractivity contribution in [2.75, 3.05) is 23.9 Å². The largest absolute Gasteiger partial charge is 0.382 e. The molecular formula is C13H23N3S2. The highest BCUT2D eigenvalue weighted by atomic mass is 32.2. The van der Waals surface area contributed by atoms with Gasteiger partial charge in [0.15, 0.2) is 5.82 Å². The molecule has 0 aromatic carbocycles. The van der Waals surface area contributed by atoms with Crippen molar-refractivity contribution in [2.45, 2.75) is 43.9 Å². The topological polar surface area (TPSA) is 50.9 Å². The van der Waals surface area contributed by atoms with Gasteiger partial charge in [-0.1, -0.05) is 26.2 Å². The van der Waals surface area contributed by atoms with Crippen LogP contribution in [0.5, 0.6) is 0 Å². The maximum absolute atomic E-state index is 5.84. The SMILES string of the molecule is CCC1CCC(CNc2snc(N)c2SC)CC1. The summed E-state index contributed by atoms with van der Waals surface area (Å²) in [6.07, 6.45) is 8.95. The molecule has 1 aromatic heterocycles. The second kappa shape index (κ2) is 6.66. The smallest absolute Gasteiger partial charge is 0.153 e.